The highest BCUT2D eigenvalue weighted by Crippen LogP contribution is 2.27. The summed E-state index contributed by atoms with van der Waals surface area (Å²) in [6.07, 6.45) is 2.39. The van der Waals surface area contributed by atoms with Gasteiger partial charge in [-0.3, -0.25) is 19.9 Å². The first-order chi connectivity index (χ1) is 19.5. The number of benzene rings is 2. The molecule has 1 atom stereocenters. The lowest BCUT2D eigenvalue weighted by Gasteiger charge is -2.30. The van der Waals surface area contributed by atoms with Crippen LogP contribution >= 0.6 is 0 Å². The lowest BCUT2D eigenvalue weighted by Crippen LogP contribution is -2.46. The molecule has 0 radical (unpaired) electrons. The number of nitrogens with zero attached hydrogens (tertiary/aromatic N) is 4. The number of pyridine rings is 1. The van der Waals surface area contributed by atoms with E-state index >= 15 is 0 Å². The molecule has 0 aliphatic heterocycles. The minimum Gasteiger partial charge on any atom is -0.465 e. The molecule has 12 heteroatoms. The van der Waals surface area contributed by atoms with E-state index in [9.17, 15) is 23.3 Å². The second-order valence-electron chi connectivity index (χ2n) is 10.2. The average Bonchev–Trinajstić information content (AvgIpc) is 3.32. The molecule has 41 heavy (non-hydrogen) atoms. The number of aromatic nitrogens is 3. The first-order valence-corrected chi connectivity index (χ1v) is 14.7. The Balaban J connectivity index is 1.68. The second-order valence-corrected chi connectivity index (χ2v) is 12.1. The molecular formula is C29H33N5O6S. The van der Waals surface area contributed by atoms with E-state index in [-0.39, 0.29) is 36.1 Å². The molecule has 0 unspecified atom stereocenters. The van der Waals surface area contributed by atoms with Crippen molar-refractivity contribution >= 4 is 32.7 Å². The molecule has 0 saturated heterocycles. The number of nitrogens with one attached hydrogen (secondary N) is 1. The quantitative estimate of drug-likeness (QED) is 0.141. The number of carbonyl (C=O) groups is 1. The summed E-state index contributed by atoms with van der Waals surface area (Å²) in [5, 5.41) is 11.1. The zero-order valence-electron chi connectivity index (χ0n) is 23.4. The molecule has 2 heterocycles. The molecule has 0 saturated carbocycles. The highest BCUT2D eigenvalue weighted by Gasteiger charge is 2.37. The summed E-state index contributed by atoms with van der Waals surface area (Å²) < 4.78 is 34.6. The molecule has 4 aromatic rings. The molecule has 4 rings (SSSR count). The molecule has 0 fully saturated rings. The largest absolute Gasteiger partial charge is 0.465 e. The van der Waals surface area contributed by atoms with Gasteiger partial charge in [0.15, 0.2) is 0 Å². The molecule has 1 N–H and O–H groups in total. The third kappa shape index (κ3) is 6.95. The van der Waals surface area contributed by atoms with E-state index in [4.69, 9.17) is 4.74 Å². The van der Waals surface area contributed by atoms with Crippen molar-refractivity contribution in [1.29, 1.82) is 0 Å². The zero-order valence-corrected chi connectivity index (χ0v) is 24.2. The maximum atomic E-state index is 14.1. The Labute approximate surface area is 238 Å². The lowest BCUT2D eigenvalue weighted by atomic mass is 10.0. The van der Waals surface area contributed by atoms with Crippen LogP contribution in [0.4, 0.5) is 5.69 Å². The number of aromatic amines is 1. The minimum atomic E-state index is -4.19. The number of hydrogen-bond donors (Lipinski definition) is 1. The Hall–Kier alpha value is -4.16. The van der Waals surface area contributed by atoms with Gasteiger partial charge in [0, 0.05) is 31.3 Å². The number of fused-ring (bicyclic) bond motifs is 1. The van der Waals surface area contributed by atoms with Crippen LogP contribution < -0.4 is 0 Å². The van der Waals surface area contributed by atoms with E-state index in [2.05, 4.69) is 15.0 Å². The number of hydrogen-bond acceptors (Lipinski definition) is 8. The van der Waals surface area contributed by atoms with E-state index in [0.29, 0.717) is 12.0 Å². The summed E-state index contributed by atoms with van der Waals surface area (Å²) in [6, 6.07) is 12.8. The van der Waals surface area contributed by atoms with E-state index in [1.54, 1.807) is 25.3 Å². The standard InChI is InChI=1S/C29H33N5O6S/c1-5-40-29(35)27(16-19(2)3)33(18-22-6-10-23(11-7-22)34(36)37)41(38,39)24-12-8-21(9-13-24)17-26-28-25(14-15-30-26)31-20(4)32-28/h6-15,19,27H,5,16-18H2,1-4H3,(H,31,32)/t27-/m0/s1. The third-order valence-corrected chi connectivity index (χ3v) is 8.45. The number of nitro groups is 1. The summed E-state index contributed by atoms with van der Waals surface area (Å²) >= 11 is 0. The lowest BCUT2D eigenvalue weighted by molar-refractivity contribution is -0.384. The predicted molar refractivity (Wildman–Crippen MR) is 154 cm³/mol. The van der Waals surface area contributed by atoms with Crippen molar-refractivity contribution in [3.63, 3.8) is 0 Å². The first-order valence-electron chi connectivity index (χ1n) is 13.3. The number of ether oxygens (including phenoxy) is 1. The van der Waals surface area contributed by atoms with Gasteiger partial charge in [-0.25, -0.2) is 13.4 Å². The minimum absolute atomic E-state index is 0.0118. The molecule has 0 amide bonds. The molecule has 0 bridgehead atoms. The molecule has 2 aromatic carbocycles. The van der Waals surface area contributed by atoms with Crippen LogP contribution in [0.15, 0.2) is 65.7 Å². The van der Waals surface area contributed by atoms with Crippen LogP contribution in [0.1, 0.15) is 49.8 Å². The highest BCUT2D eigenvalue weighted by molar-refractivity contribution is 7.89. The summed E-state index contributed by atoms with van der Waals surface area (Å²) in [6.45, 7) is 7.26. The predicted octanol–water partition coefficient (Wildman–Crippen LogP) is 4.93. The van der Waals surface area contributed by atoms with Gasteiger partial charge in [0.1, 0.15) is 17.4 Å². The number of H-pyrrole nitrogens is 1. The monoisotopic (exact) mass is 579 g/mol. The summed E-state index contributed by atoms with van der Waals surface area (Å²) in [4.78, 5) is 35.8. The summed E-state index contributed by atoms with van der Waals surface area (Å²) in [5.74, 6) is 0.125. The smallest absolute Gasteiger partial charge is 0.324 e. The SMILES string of the molecule is CCOC(=O)[C@H](CC(C)C)N(Cc1ccc([N+](=O)[O-])cc1)S(=O)(=O)c1ccc(Cc2nccc3[nH]c(C)nc23)cc1. The van der Waals surface area contributed by atoms with Gasteiger partial charge in [-0.15, -0.1) is 0 Å². The molecule has 216 valence electrons. The number of nitro benzene ring substituents is 1. The number of rotatable bonds is 12. The molecule has 0 spiro atoms. The first kappa shape index (κ1) is 29.8. The van der Waals surface area contributed by atoms with Crippen molar-refractivity contribution in [1.82, 2.24) is 19.3 Å². The van der Waals surface area contributed by atoms with Crippen LogP contribution in [-0.4, -0.2) is 51.2 Å². The maximum absolute atomic E-state index is 14.1. The molecule has 2 aromatic heterocycles. The Morgan fingerprint density at radius 1 is 1.07 bits per heavy atom. The van der Waals surface area contributed by atoms with Gasteiger partial charge in [-0.2, -0.15) is 4.31 Å². The summed E-state index contributed by atoms with van der Waals surface area (Å²) in [5.41, 5.74) is 3.64. The molecule has 11 nitrogen and oxygen atoms in total. The van der Waals surface area contributed by atoms with Crippen LogP contribution in [-0.2, 0) is 32.5 Å². The van der Waals surface area contributed by atoms with Crippen molar-refractivity contribution < 1.29 is 22.9 Å². The normalized spacial score (nSPS) is 12.6. The number of sulfonamides is 1. The Kier molecular flexibility index (Phi) is 9.14. The van der Waals surface area contributed by atoms with Crippen LogP contribution in [0.25, 0.3) is 11.0 Å². The van der Waals surface area contributed by atoms with Crippen molar-refractivity contribution in [2.24, 2.45) is 5.92 Å². The van der Waals surface area contributed by atoms with Gasteiger partial charge in [0.2, 0.25) is 10.0 Å². The van der Waals surface area contributed by atoms with E-state index in [1.807, 2.05) is 26.8 Å². The third-order valence-electron chi connectivity index (χ3n) is 6.58. The molecular weight excluding hydrogens is 546 g/mol. The van der Waals surface area contributed by atoms with E-state index < -0.39 is 27.0 Å². The van der Waals surface area contributed by atoms with E-state index in [0.717, 1.165) is 32.4 Å². The number of carbonyl (C=O) groups excluding carboxylic acids is 1. The fourth-order valence-corrected chi connectivity index (χ4v) is 6.21. The molecule has 0 aliphatic carbocycles. The number of esters is 1. The van der Waals surface area contributed by atoms with Crippen molar-refractivity contribution in [3.05, 3.63) is 93.6 Å². The molecule has 0 aliphatic rings. The average molecular weight is 580 g/mol. The van der Waals surface area contributed by atoms with Gasteiger partial charge in [-0.1, -0.05) is 38.1 Å². The fraction of sp³-hybridized carbons (Fsp3) is 0.345. The maximum Gasteiger partial charge on any atom is 0.324 e. The van der Waals surface area contributed by atoms with Gasteiger partial charge in [-0.05, 0) is 55.5 Å². The second kappa shape index (κ2) is 12.6. The fourth-order valence-electron chi connectivity index (χ4n) is 4.63. The van der Waals surface area contributed by atoms with Gasteiger partial charge in [0.05, 0.1) is 27.6 Å². The van der Waals surface area contributed by atoms with Crippen LogP contribution in [0.2, 0.25) is 0 Å². The summed E-state index contributed by atoms with van der Waals surface area (Å²) in [7, 11) is -4.19. The van der Waals surface area contributed by atoms with Gasteiger partial charge in [0.25, 0.3) is 5.69 Å². The Morgan fingerprint density at radius 2 is 1.73 bits per heavy atom. The van der Waals surface area contributed by atoms with Crippen molar-refractivity contribution in [2.45, 2.75) is 58.0 Å². The van der Waals surface area contributed by atoms with Crippen LogP contribution in [0.5, 0.6) is 0 Å². The number of non-ortho nitro benzene ring substituents is 1. The van der Waals surface area contributed by atoms with E-state index in [1.165, 1.54) is 36.4 Å². The van der Waals surface area contributed by atoms with Gasteiger partial charge < -0.3 is 9.72 Å². The number of aryl methyl sites for hydroxylation is 1. The Bertz CT molecular complexity index is 1630. The van der Waals surface area contributed by atoms with Crippen LogP contribution in [0.3, 0.4) is 0 Å². The number of imidazole rings is 1. The highest BCUT2D eigenvalue weighted by atomic mass is 32.2. The zero-order chi connectivity index (χ0) is 29.7. The van der Waals surface area contributed by atoms with Gasteiger partial charge >= 0.3 is 5.97 Å². The topological polar surface area (TPSA) is 148 Å². The van der Waals surface area contributed by atoms with Crippen molar-refractivity contribution in [3.8, 4) is 0 Å². The Morgan fingerprint density at radius 3 is 2.34 bits per heavy atom. The van der Waals surface area contributed by atoms with Crippen LogP contribution in [0, 0.1) is 23.0 Å². The van der Waals surface area contributed by atoms with Crippen molar-refractivity contribution in [2.75, 3.05) is 6.61 Å².